The first-order valence-corrected chi connectivity index (χ1v) is 9.40. The molecule has 1 atom stereocenters. The van der Waals surface area contributed by atoms with Crippen LogP contribution in [-0.4, -0.2) is 25.7 Å². The van der Waals surface area contributed by atoms with E-state index < -0.39 is 0 Å². The Balaban J connectivity index is 1.43. The van der Waals surface area contributed by atoms with Crippen LogP contribution in [0.15, 0.2) is 77.5 Å². The summed E-state index contributed by atoms with van der Waals surface area (Å²) in [6, 6.07) is 19.0. The number of carbonyl (C=O) groups is 1. The Kier molecular flexibility index (Phi) is 5.47. The van der Waals surface area contributed by atoms with Gasteiger partial charge < -0.3 is 14.3 Å². The molecular formula is C22H21N5O2. The minimum atomic E-state index is -0.328. The Labute approximate surface area is 168 Å². The molecule has 0 saturated heterocycles. The third kappa shape index (κ3) is 4.40. The Morgan fingerprint density at radius 3 is 2.48 bits per heavy atom. The number of nitrogens with one attached hydrogen (secondary N) is 1. The van der Waals surface area contributed by atoms with Crippen molar-refractivity contribution >= 4 is 5.91 Å². The number of aryl methyl sites for hydroxylation is 2. The summed E-state index contributed by atoms with van der Waals surface area (Å²) in [4.78, 5) is 17.1. The molecule has 0 spiro atoms. The van der Waals surface area contributed by atoms with Crippen LogP contribution < -0.4 is 5.32 Å². The van der Waals surface area contributed by atoms with Gasteiger partial charge in [-0.15, -0.1) is 10.2 Å². The minimum Gasteiger partial charge on any atom is -0.421 e. The molecule has 7 nitrogen and oxygen atoms in total. The average molecular weight is 387 g/mol. The van der Waals surface area contributed by atoms with Gasteiger partial charge >= 0.3 is 0 Å². The second kappa shape index (κ2) is 8.52. The predicted octanol–water partition coefficient (Wildman–Crippen LogP) is 3.31. The van der Waals surface area contributed by atoms with Crippen molar-refractivity contribution in [2.24, 2.45) is 7.05 Å². The second-order valence-electron chi connectivity index (χ2n) is 6.67. The first-order valence-electron chi connectivity index (χ1n) is 9.40. The lowest BCUT2D eigenvalue weighted by Gasteiger charge is -2.19. The van der Waals surface area contributed by atoms with E-state index in [1.807, 2.05) is 78.5 Å². The number of amides is 1. The van der Waals surface area contributed by atoms with Crippen LogP contribution in [0.3, 0.4) is 0 Å². The van der Waals surface area contributed by atoms with Crippen molar-refractivity contribution in [3.8, 4) is 11.5 Å². The monoisotopic (exact) mass is 387 g/mol. The molecule has 1 N–H and O–H groups in total. The van der Waals surface area contributed by atoms with Gasteiger partial charge in [-0.25, -0.2) is 4.98 Å². The number of nitrogens with zero attached hydrogens (tertiary/aromatic N) is 4. The fourth-order valence-corrected chi connectivity index (χ4v) is 3.10. The summed E-state index contributed by atoms with van der Waals surface area (Å²) in [5, 5.41) is 11.2. The maximum Gasteiger partial charge on any atom is 0.247 e. The maximum atomic E-state index is 12.6. The van der Waals surface area contributed by atoms with Gasteiger partial charge in [-0.05, 0) is 17.7 Å². The fraction of sp³-hybridized carbons (Fsp3) is 0.182. The van der Waals surface area contributed by atoms with Crippen molar-refractivity contribution in [2.45, 2.75) is 18.9 Å². The zero-order valence-corrected chi connectivity index (χ0v) is 16.0. The molecule has 0 aliphatic heterocycles. The van der Waals surface area contributed by atoms with Gasteiger partial charge in [0.25, 0.3) is 0 Å². The van der Waals surface area contributed by atoms with E-state index in [0.29, 0.717) is 18.2 Å². The number of hydrogen-bond donors (Lipinski definition) is 1. The van der Waals surface area contributed by atoms with Crippen LogP contribution in [0.25, 0.3) is 11.5 Å². The van der Waals surface area contributed by atoms with Crippen LogP contribution in [0.5, 0.6) is 0 Å². The Bertz CT molecular complexity index is 1070. The van der Waals surface area contributed by atoms with Crippen molar-refractivity contribution in [1.82, 2.24) is 25.1 Å². The normalized spacial score (nSPS) is 11.9. The lowest BCUT2D eigenvalue weighted by atomic mass is 10.1. The van der Waals surface area contributed by atoms with Crippen molar-refractivity contribution in [1.29, 1.82) is 0 Å². The van der Waals surface area contributed by atoms with Crippen molar-refractivity contribution in [2.75, 3.05) is 0 Å². The number of benzene rings is 2. The Morgan fingerprint density at radius 1 is 1.07 bits per heavy atom. The van der Waals surface area contributed by atoms with Gasteiger partial charge in [-0.1, -0.05) is 48.5 Å². The van der Waals surface area contributed by atoms with E-state index in [0.717, 1.165) is 17.0 Å². The van der Waals surface area contributed by atoms with E-state index in [9.17, 15) is 4.79 Å². The largest absolute Gasteiger partial charge is 0.421 e. The SMILES string of the molecule is Cn1ccnc1C(NC(=O)CCc1nnc(-c2ccccc2)o1)c1ccccc1. The number of hydrogen-bond acceptors (Lipinski definition) is 5. The maximum absolute atomic E-state index is 12.6. The van der Waals surface area contributed by atoms with Gasteiger partial charge in [0.15, 0.2) is 0 Å². The van der Waals surface area contributed by atoms with Crippen LogP contribution in [0.1, 0.15) is 29.7 Å². The van der Waals surface area contributed by atoms with Crippen LogP contribution in [0.4, 0.5) is 0 Å². The number of rotatable bonds is 7. The smallest absolute Gasteiger partial charge is 0.247 e. The summed E-state index contributed by atoms with van der Waals surface area (Å²) < 4.78 is 7.59. The lowest BCUT2D eigenvalue weighted by Crippen LogP contribution is -2.31. The number of imidazole rings is 1. The highest BCUT2D eigenvalue weighted by Crippen LogP contribution is 2.21. The topological polar surface area (TPSA) is 85.8 Å². The Morgan fingerprint density at radius 2 is 1.79 bits per heavy atom. The molecule has 146 valence electrons. The van der Waals surface area contributed by atoms with Gasteiger partial charge in [0.2, 0.25) is 17.7 Å². The quantitative estimate of drug-likeness (QED) is 0.526. The molecule has 0 saturated carbocycles. The first kappa shape index (κ1) is 18.6. The molecule has 2 aromatic carbocycles. The molecule has 29 heavy (non-hydrogen) atoms. The minimum absolute atomic E-state index is 0.110. The molecule has 1 unspecified atom stereocenters. The average Bonchev–Trinajstić information content (AvgIpc) is 3.41. The summed E-state index contributed by atoms with van der Waals surface area (Å²) >= 11 is 0. The van der Waals surface area contributed by atoms with E-state index in [1.165, 1.54) is 0 Å². The zero-order valence-electron chi connectivity index (χ0n) is 16.0. The van der Waals surface area contributed by atoms with E-state index in [2.05, 4.69) is 20.5 Å². The molecule has 0 fully saturated rings. The highest BCUT2D eigenvalue weighted by atomic mass is 16.4. The predicted molar refractivity (Wildman–Crippen MR) is 108 cm³/mol. The standard InChI is InChI=1S/C22H21N5O2/c1-27-15-14-23-21(27)20(16-8-4-2-5-9-16)24-18(28)12-13-19-25-26-22(29-19)17-10-6-3-7-11-17/h2-11,14-15,20H,12-13H2,1H3,(H,24,28). The summed E-state index contributed by atoms with van der Waals surface area (Å²) in [7, 11) is 1.91. The molecule has 1 amide bonds. The third-order valence-corrected chi connectivity index (χ3v) is 4.61. The summed E-state index contributed by atoms with van der Waals surface area (Å²) in [5.74, 6) is 1.55. The van der Waals surface area contributed by atoms with E-state index in [4.69, 9.17) is 4.42 Å². The molecule has 7 heteroatoms. The summed E-state index contributed by atoms with van der Waals surface area (Å²) in [6.07, 6.45) is 4.19. The number of carbonyl (C=O) groups excluding carboxylic acids is 1. The third-order valence-electron chi connectivity index (χ3n) is 4.61. The van der Waals surface area contributed by atoms with Gasteiger partial charge in [-0.2, -0.15) is 0 Å². The number of aromatic nitrogens is 4. The van der Waals surface area contributed by atoms with Crippen LogP contribution in [-0.2, 0) is 18.3 Å². The molecule has 2 heterocycles. The molecule has 0 bridgehead atoms. The lowest BCUT2D eigenvalue weighted by molar-refractivity contribution is -0.121. The molecule has 4 aromatic rings. The Hall–Kier alpha value is -3.74. The van der Waals surface area contributed by atoms with E-state index in [1.54, 1.807) is 6.20 Å². The molecule has 2 aromatic heterocycles. The molecule has 0 radical (unpaired) electrons. The molecule has 0 aliphatic carbocycles. The summed E-state index contributed by atoms with van der Waals surface area (Å²) in [6.45, 7) is 0. The van der Waals surface area contributed by atoms with Crippen molar-refractivity contribution < 1.29 is 9.21 Å². The van der Waals surface area contributed by atoms with Crippen molar-refractivity contribution in [3.63, 3.8) is 0 Å². The van der Waals surface area contributed by atoms with E-state index >= 15 is 0 Å². The van der Waals surface area contributed by atoms with Crippen LogP contribution in [0, 0.1) is 0 Å². The fourth-order valence-electron chi connectivity index (χ4n) is 3.10. The van der Waals surface area contributed by atoms with Crippen LogP contribution >= 0.6 is 0 Å². The highest BCUT2D eigenvalue weighted by molar-refractivity contribution is 5.77. The second-order valence-corrected chi connectivity index (χ2v) is 6.67. The van der Waals surface area contributed by atoms with Gasteiger partial charge in [-0.3, -0.25) is 4.79 Å². The first-order chi connectivity index (χ1) is 14.2. The highest BCUT2D eigenvalue weighted by Gasteiger charge is 2.21. The molecular weight excluding hydrogens is 366 g/mol. The van der Waals surface area contributed by atoms with Gasteiger partial charge in [0.05, 0.1) is 0 Å². The molecule has 4 rings (SSSR count). The van der Waals surface area contributed by atoms with Gasteiger partial charge in [0.1, 0.15) is 11.9 Å². The van der Waals surface area contributed by atoms with E-state index in [-0.39, 0.29) is 18.4 Å². The van der Waals surface area contributed by atoms with Crippen molar-refractivity contribution in [3.05, 3.63) is 90.3 Å². The van der Waals surface area contributed by atoms with Gasteiger partial charge in [0, 0.05) is 37.8 Å². The summed E-state index contributed by atoms with van der Waals surface area (Å²) in [5.41, 5.74) is 1.83. The molecule has 0 aliphatic rings. The van der Waals surface area contributed by atoms with Crippen LogP contribution in [0.2, 0.25) is 0 Å². The zero-order chi connectivity index (χ0) is 20.1.